The number of nitrogens with one attached hydrogen (secondary N) is 1. The van der Waals surface area contributed by atoms with Crippen molar-refractivity contribution in [1.82, 2.24) is 10.2 Å². The average molecular weight is 172 g/mol. The summed E-state index contributed by atoms with van der Waals surface area (Å²) < 4.78 is 5.15. The third-order valence-corrected chi connectivity index (χ3v) is 2.09. The van der Waals surface area contributed by atoms with Gasteiger partial charge >= 0.3 is 6.03 Å². The number of ether oxygens (including phenoxy) is 1. The molecule has 0 aromatic rings. The fraction of sp³-hybridized carbons (Fsp3) is 0.875. The Kier molecular flexibility index (Phi) is 3.34. The van der Waals surface area contributed by atoms with Crippen molar-refractivity contribution >= 4 is 6.03 Å². The number of carbonyl (C=O) groups excluding carboxylic acids is 1. The number of hydrogen-bond donors (Lipinski definition) is 1. The molecule has 1 saturated heterocycles. The first-order valence-corrected chi connectivity index (χ1v) is 4.33. The Morgan fingerprint density at radius 3 is 3.00 bits per heavy atom. The van der Waals surface area contributed by atoms with E-state index in [4.69, 9.17) is 4.74 Å². The second-order valence-electron chi connectivity index (χ2n) is 2.93. The van der Waals surface area contributed by atoms with Gasteiger partial charge in [-0.25, -0.2) is 4.79 Å². The Bertz CT molecular complexity index is 161. The van der Waals surface area contributed by atoms with E-state index < -0.39 is 0 Å². The van der Waals surface area contributed by atoms with E-state index in [0.717, 1.165) is 19.5 Å². The van der Waals surface area contributed by atoms with Gasteiger partial charge in [-0.3, -0.25) is 0 Å². The lowest BCUT2D eigenvalue weighted by Crippen LogP contribution is -2.38. The monoisotopic (exact) mass is 172 g/mol. The van der Waals surface area contributed by atoms with Crippen LogP contribution >= 0.6 is 0 Å². The number of rotatable bonds is 2. The van der Waals surface area contributed by atoms with E-state index in [1.807, 2.05) is 6.92 Å². The summed E-state index contributed by atoms with van der Waals surface area (Å²) in [6, 6.07) is 0.0250. The van der Waals surface area contributed by atoms with Gasteiger partial charge in [-0.1, -0.05) is 0 Å². The van der Waals surface area contributed by atoms with Crippen LogP contribution in [0.15, 0.2) is 0 Å². The molecule has 1 aliphatic heterocycles. The highest BCUT2D eigenvalue weighted by Gasteiger charge is 2.25. The van der Waals surface area contributed by atoms with Crippen LogP contribution in [0.25, 0.3) is 0 Å². The van der Waals surface area contributed by atoms with Gasteiger partial charge in [0.25, 0.3) is 0 Å². The molecular weight excluding hydrogens is 156 g/mol. The lowest BCUT2D eigenvalue weighted by atomic mass is 10.3. The van der Waals surface area contributed by atoms with Crippen LogP contribution in [-0.4, -0.2) is 43.8 Å². The molecule has 4 heteroatoms. The van der Waals surface area contributed by atoms with Gasteiger partial charge < -0.3 is 15.0 Å². The standard InChI is InChI=1S/C8H16N2O2/c1-3-9-8(11)10-5-4-7(6-10)12-2/h7H,3-6H2,1-2H3,(H,9,11)/t7-/m1/s1. The lowest BCUT2D eigenvalue weighted by molar-refractivity contribution is 0.110. The summed E-state index contributed by atoms with van der Waals surface area (Å²) in [6.07, 6.45) is 1.18. The molecule has 0 aromatic carbocycles. The zero-order valence-corrected chi connectivity index (χ0v) is 7.67. The summed E-state index contributed by atoms with van der Waals surface area (Å²) in [5.41, 5.74) is 0. The minimum atomic E-state index is 0.0250. The third kappa shape index (κ3) is 2.11. The van der Waals surface area contributed by atoms with Crippen LogP contribution < -0.4 is 5.32 Å². The van der Waals surface area contributed by atoms with Gasteiger partial charge in [-0.15, -0.1) is 0 Å². The highest BCUT2D eigenvalue weighted by atomic mass is 16.5. The number of hydrogen-bond acceptors (Lipinski definition) is 2. The van der Waals surface area contributed by atoms with Gasteiger partial charge in [0.2, 0.25) is 0 Å². The maximum Gasteiger partial charge on any atom is 0.317 e. The summed E-state index contributed by atoms with van der Waals surface area (Å²) in [7, 11) is 1.69. The molecule has 1 aliphatic rings. The molecule has 0 bridgehead atoms. The first kappa shape index (κ1) is 9.32. The molecule has 4 nitrogen and oxygen atoms in total. The molecule has 1 fully saturated rings. The van der Waals surface area contributed by atoms with Crippen molar-refractivity contribution < 1.29 is 9.53 Å². The van der Waals surface area contributed by atoms with Gasteiger partial charge in [0, 0.05) is 26.7 Å². The Labute approximate surface area is 72.9 Å². The van der Waals surface area contributed by atoms with Gasteiger partial charge in [-0.05, 0) is 13.3 Å². The van der Waals surface area contributed by atoms with Crippen molar-refractivity contribution in [3.63, 3.8) is 0 Å². The second kappa shape index (κ2) is 4.30. The normalized spacial score (nSPS) is 22.8. The van der Waals surface area contributed by atoms with E-state index in [1.54, 1.807) is 12.0 Å². The summed E-state index contributed by atoms with van der Waals surface area (Å²) in [5, 5.41) is 2.76. The Balaban J connectivity index is 2.31. The van der Waals surface area contributed by atoms with Crippen LogP contribution in [0, 0.1) is 0 Å². The quantitative estimate of drug-likeness (QED) is 0.656. The maximum atomic E-state index is 11.3. The number of amides is 2. The zero-order chi connectivity index (χ0) is 8.97. The maximum absolute atomic E-state index is 11.3. The summed E-state index contributed by atoms with van der Waals surface area (Å²) >= 11 is 0. The van der Waals surface area contributed by atoms with Crippen LogP contribution in [0.5, 0.6) is 0 Å². The highest BCUT2D eigenvalue weighted by Crippen LogP contribution is 2.11. The molecule has 0 radical (unpaired) electrons. The van der Waals surface area contributed by atoms with Crippen molar-refractivity contribution in [1.29, 1.82) is 0 Å². The number of urea groups is 1. The van der Waals surface area contributed by atoms with Gasteiger partial charge in [0.05, 0.1) is 6.10 Å². The van der Waals surface area contributed by atoms with E-state index in [9.17, 15) is 4.79 Å². The Hall–Kier alpha value is -0.770. The molecule has 0 spiro atoms. The average Bonchev–Trinajstić information content (AvgIpc) is 2.52. The molecule has 2 amide bonds. The van der Waals surface area contributed by atoms with Crippen LogP contribution in [0.1, 0.15) is 13.3 Å². The largest absolute Gasteiger partial charge is 0.380 e. The topological polar surface area (TPSA) is 41.6 Å². The third-order valence-electron chi connectivity index (χ3n) is 2.09. The van der Waals surface area contributed by atoms with Crippen molar-refractivity contribution in [3.8, 4) is 0 Å². The summed E-state index contributed by atoms with van der Waals surface area (Å²) in [4.78, 5) is 13.1. The van der Waals surface area contributed by atoms with E-state index in [1.165, 1.54) is 0 Å². The fourth-order valence-corrected chi connectivity index (χ4v) is 1.37. The fourth-order valence-electron chi connectivity index (χ4n) is 1.37. The van der Waals surface area contributed by atoms with Gasteiger partial charge in [0.15, 0.2) is 0 Å². The van der Waals surface area contributed by atoms with E-state index in [0.29, 0.717) is 6.54 Å². The summed E-state index contributed by atoms with van der Waals surface area (Å²) in [5.74, 6) is 0. The second-order valence-corrected chi connectivity index (χ2v) is 2.93. The molecule has 0 aromatic heterocycles. The summed E-state index contributed by atoms with van der Waals surface area (Å²) in [6.45, 7) is 4.14. The number of likely N-dealkylation sites (tertiary alicyclic amines) is 1. The van der Waals surface area contributed by atoms with Crippen molar-refractivity contribution in [2.45, 2.75) is 19.4 Å². The van der Waals surface area contributed by atoms with Crippen molar-refractivity contribution in [3.05, 3.63) is 0 Å². The van der Waals surface area contributed by atoms with Crippen LogP contribution in [-0.2, 0) is 4.74 Å². The van der Waals surface area contributed by atoms with Gasteiger partial charge in [-0.2, -0.15) is 0 Å². The van der Waals surface area contributed by atoms with Crippen LogP contribution in [0.3, 0.4) is 0 Å². The lowest BCUT2D eigenvalue weighted by Gasteiger charge is -2.15. The molecule has 1 N–H and O–H groups in total. The molecular formula is C8H16N2O2. The zero-order valence-electron chi connectivity index (χ0n) is 7.67. The Morgan fingerprint density at radius 1 is 1.75 bits per heavy atom. The minimum absolute atomic E-state index is 0.0250. The molecule has 1 heterocycles. The smallest absolute Gasteiger partial charge is 0.317 e. The van der Waals surface area contributed by atoms with Crippen molar-refractivity contribution in [2.75, 3.05) is 26.7 Å². The molecule has 1 rings (SSSR count). The number of nitrogens with zero attached hydrogens (tertiary/aromatic N) is 1. The van der Waals surface area contributed by atoms with E-state index in [2.05, 4.69) is 5.32 Å². The molecule has 70 valence electrons. The predicted octanol–water partition coefficient (Wildman–Crippen LogP) is 0.437. The molecule has 1 atom stereocenters. The highest BCUT2D eigenvalue weighted by molar-refractivity contribution is 5.74. The van der Waals surface area contributed by atoms with E-state index in [-0.39, 0.29) is 12.1 Å². The van der Waals surface area contributed by atoms with Crippen LogP contribution in [0.4, 0.5) is 4.79 Å². The molecule has 0 unspecified atom stereocenters. The predicted molar refractivity (Wildman–Crippen MR) is 46.1 cm³/mol. The minimum Gasteiger partial charge on any atom is -0.380 e. The van der Waals surface area contributed by atoms with Crippen molar-refractivity contribution in [2.24, 2.45) is 0 Å². The molecule has 0 saturated carbocycles. The molecule has 0 aliphatic carbocycles. The number of methoxy groups -OCH3 is 1. The number of carbonyl (C=O) groups is 1. The van der Waals surface area contributed by atoms with E-state index >= 15 is 0 Å². The van der Waals surface area contributed by atoms with Gasteiger partial charge in [0.1, 0.15) is 0 Å². The SMILES string of the molecule is CCNC(=O)N1CC[C@@H](OC)C1. The first-order chi connectivity index (χ1) is 5.77. The molecule has 12 heavy (non-hydrogen) atoms. The van der Waals surface area contributed by atoms with Crippen LogP contribution in [0.2, 0.25) is 0 Å². The first-order valence-electron chi connectivity index (χ1n) is 4.33. The Morgan fingerprint density at radius 2 is 2.50 bits per heavy atom.